The van der Waals surface area contributed by atoms with Crippen LogP contribution in [-0.2, 0) is 9.53 Å². The third-order valence-corrected chi connectivity index (χ3v) is 3.52. The van der Waals surface area contributed by atoms with E-state index in [2.05, 4.69) is 5.32 Å². The SMILES string of the molecule is CCOC(=O)/C(=C/C(=O)c1ccc(Cl)cc1)Nc1ccc(OC)cc1. The lowest BCUT2D eigenvalue weighted by Crippen LogP contribution is -2.16. The summed E-state index contributed by atoms with van der Waals surface area (Å²) in [5.74, 6) is -0.259. The topological polar surface area (TPSA) is 64.6 Å². The number of rotatable bonds is 7. The summed E-state index contributed by atoms with van der Waals surface area (Å²) in [5, 5.41) is 3.44. The van der Waals surface area contributed by atoms with Crippen LogP contribution in [0.1, 0.15) is 17.3 Å². The summed E-state index contributed by atoms with van der Waals surface area (Å²) in [7, 11) is 1.57. The predicted octanol–water partition coefficient (Wildman–Crippen LogP) is 4.09. The highest BCUT2D eigenvalue weighted by Gasteiger charge is 2.14. The molecule has 25 heavy (non-hydrogen) atoms. The molecule has 0 amide bonds. The first-order valence-corrected chi connectivity index (χ1v) is 8.01. The summed E-state index contributed by atoms with van der Waals surface area (Å²) in [4.78, 5) is 24.5. The summed E-state index contributed by atoms with van der Waals surface area (Å²) in [6.07, 6.45) is 1.21. The van der Waals surface area contributed by atoms with Gasteiger partial charge < -0.3 is 14.8 Å². The molecule has 0 fully saturated rings. The molecule has 0 bridgehead atoms. The van der Waals surface area contributed by atoms with Crippen LogP contribution >= 0.6 is 11.6 Å². The van der Waals surface area contributed by atoms with E-state index in [-0.39, 0.29) is 18.1 Å². The Morgan fingerprint density at radius 1 is 1.08 bits per heavy atom. The Morgan fingerprint density at radius 2 is 1.72 bits per heavy atom. The molecule has 0 radical (unpaired) electrons. The maximum Gasteiger partial charge on any atom is 0.354 e. The molecule has 1 N–H and O–H groups in total. The van der Waals surface area contributed by atoms with E-state index in [9.17, 15) is 9.59 Å². The van der Waals surface area contributed by atoms with Gasteiger partial charge >= 0.3 is 5.97 Å². The van der Waals surface area contributed by atoms with Crippen molar-refractivity contribution >= 4 is 29.0 Å². The van der Waals surface area contributed by atoms with Crippen molar-refractivity contribution in [2.75, 3.05) is 19.0 Å². The molecule has 0 aliphatic carbocycles. The van der Waals surface area contributed by atoms with E-state index in [1.165, 1.54) is 6.08 Å². The quantitative estimate of drug-likeness (QED) is 0.458. The molecule has 5 nitrogen and oxygen atoms in total. The van der Waals surface area contributed by atoms with Crippen LogP contribution in [0.5, 0.6) is 5.75 Å². The van der Waals surface area contributed by atoms with Crippen molar-refractivity contribution in [3.8, 4) is 5.75 Å². The van der Waals surface area contributed by atoms with Crippen LogP contribution < -0.4 is 10.1 Å². The van der Waals surface area contributed by atoms with E-state index in [4.69, 9.17) is 21.1 Å². The van der Waals surface area contributed by atoms with Crippen LogP contribution in [0, 0.1) is 0 Å². The highest BCUT2D eigenvalue weighted by atomic mass is 35.5. The molecule has 0 atom stereocenters. The van der Waals surface area contributed by atoms with Crippen LogP contribution in [0.2, 0.25) is 5.02 Å². The first kappa shape index (κ1) is 18.5. The molecule has 0 spiro atoms. The highest BCUT2D eigenvalue weighted by molar-refractivity contribution is 6.30. The lowest BCUT2D eigenvalue weighted by Gasteiger charge is -2.11. The number of hydrogen-bond donors (Lipinski definition) is 1. The van der Waals surface area contributed by atoms with E-state index >= 15 is 0 Å². The van der Waals surface area contributed by atoms with Gasteiger partial charge in [-0.3, -0.25) is 4.79 Å². The molecule has 6 heteroatoms. The molecule has 2 aromatic carbocycles. The Hall–Kier alpha value is -2.79. The van der Waals surface area contributed by atoms with Gasteiger partial charge in [0.15, 0.2) is 5.78 Å². The summed E-state index contributed by atoms with van der Waals surface area (Å²) < 4.78 is 10.1. The number of carbonyl (C=O) groups excluding carboxylic acids is 2. The summed E-state index contributed by atoms with van der Waals surface area (Å²) in [6, 6.07) is 13.4. The number of halogens is 1. The third-order valence-electron chi connectivity index (χ3n) is 3.27. The second kappa shape index (κ2) is 8.89. The Balaban J connectivity index is 2.25. The molecule has 0 unspecified atom stereocenters. The van der Waals surface area contributed by atoms with Crippen LogP contribution in [-0.4, -0.2) is 25.5 Å². The minimum Gasteiger partial charge on any atom is -0.497 e. The number of nitrogens with one attached hydrogen (secondary N) is 1. The minimum atomic E-state index is -0.611. The first-order chi connectivity index (χ1) is 12.0. The van der Waals surface area contributed by atoms with E-state index in [0.717, 1.165) is 0 Å². The lowest BCUT2D eigenvalue weighted by atomic mass is 10.1. The highest BCUT2D eigenvalue weighted by Crippen LogP contribution is 2.18. The predicted molar refractivity (Wildman–Crippen MR) is 97.1 cm³/mol. The third kappa shape index (κ3) is 5.36. The zero-order valence-corrected chi connectivity index (χ0v) is 14.7. The molecule has 2 aromatic rings. The fraction of sp³-hybridized carbons (Fsp3) is 0.158. The van der Waals surface area contributed by atoms with E-state index in [0.29, 0.717) is 22.0 Å². The van der Waals surface area contributed by atoms with Crippen molar-refractivity contribution in [2.45, 2.75) is 6.92 Å². The van der Waals surface area contributed by atoms with Gasteiger partial charge in [0.2, 0.25) is 0 Å². The van der Waals surface area contributed by atoms with E-state index in [1.807, 2.05) is 0 Å². The lowest BCUT2D eigenvalue weighted by molar-refractivity contribution is -0.138. The molecule has 130 valence electrons. The van der Waals surface area contributed by atoms with Gasteiger partial charge in [0.1, 0.15) is 11.4 Å². The van der Waals surface area contributed by atoms with Gasteiger partial charge in [-0.25, -0.2) is 4.79 Å². The summed E-state index contributed by atoms with van der Waals surface area (Å²) in [6.45, 7) is 1.90. The molecule has 0 saturated carbocycles. The fourth-order valence-electron chi connectivity index (χ4n) is 2.01. The van der Waals surface area contributed by atoms with Gasteiger partial charge in [0.25, 0.3) is 0 Å². The molecule has 0 aliphatic heterocycles. The second-order valence-electron chi connectivity index (χ2n) is 5.00. The average Bonchev–Trinajstić information content (AvgIpc) is 2.62. The normalized spacial score (nSPS) is 10.9. The van der Waals surface area contributed by atoms with Gasteiger partial charge in [-0.1, -0.05) is 11.6 Å². The fourth-order valence-corrected chi connectivity index (χ4v) is 2.14. The number of esters is 1. The molecule has 0 aliphatic rings. The Bertz CT molecular complexity index is 767. The smallest absolute Gasteiger partial charge is 0.354 e. The number of methoxy groups -OCH3 is 1. The average molecular weight is 360 g/mol. The number of allylic oxidation sites excluding steroid dienone is 1. The molecule has 0 saturated heterocycles. The Morgan fingerprint density at radius 3 is 2.28 bits per heavy atom. The number of carbonyl (C=O) groups is 2. The molecule has 0 heterocycles. The van der Waals surface area contributed by atoms with Crippen molar-refractivity contribution in [1.82, 2.24) is 0 Å². The van der Waals surface area contributed by atoms with Crippen LogP contribution in [0.4, 0.5) is 5.69 Å². The van der Waals surface area contributed by atoms with Gasteiger partial charge in [-0.2, -0.15) is 0 Å². The summed E-state index contributed by atoms with van der Waals surface area (Å²) >= 11 is 5.82. The van der Waals surface area contributed by atoms with Gasteiger partial charge in [0.05, 0.1) is 13.7 Å². The van der Waals surface area contributed by atoms with Crippen LogP contribution in [0.15, 0.2) is 60.3 Å². The Kier molecular flexibility index (Phi) is 6.60. The Labute approximate surface area is 151 Å². The zero-order valence-electron chi connectivity index (χ0n) is 13.9. The number of benzene rings is 2. The molecular formula is C19H18ClNO4. The van der Waals surface area contributed by atoms with E-state index < -0.39 is 5.97 Å². The molecule has 0 aromatic heterocycles. The van der Waals surface area contributed by atoms with Crippen molar-refractivity contribution in [3.05, 3.63) is 70.9 Å². The van der Waals surface area contributed by atoms with Crippen molar-refractivity contribution < 1.29 is 19.1 Å². The van der Waals surface area contributed by atoms with Gasteiger partial charge in [-0.05, 0) is 55.5 Å². The van der Waals surface area contributed by atoms with Crippen LogP contribution in [0.25, 0.3) is 0 Å². The maximum atomic E-state index is 12.4. The van der Waals surface area contributed by atoms with E-state index in [1.54, 1.807) is 62.6 Å². The zero-order chi connectivity index (χ0) is 18.2. The van der Waals surface area contributed by atoms with Crippen molar-refractivity contribution in [2.24, 2.45) is 0 Å². The van der Waals surface area contributed by atoms with Crippen LogP contribution in [0.3, 0.4) is 0 Å². The number of ether oxygens (including phenoxy) is 2. The number of anilines is 1. The van der Waals surface area contributed by atoms with Gasteiger partial charge in [0, 0.05) is 22.3 Å². The maximum absolute atomic E-state index is 12.4. The second-order valence-corrected chi connectivity index (χ2v) is 5.44. The molecule has 2 rings (SSSR count). The first-order valence-electron chi connectivity index (χ1n) is 7.63. The van der Waals surface area contributed by atoms with Gasteiger partial charge in [-0.15, -0.1) is 0 Å². The monoisotopic (exact) mass is 359 g/mol. The van der Waals surface area contributed by atoms with Crippen molar-refractivity contribution in [3.63, 3.8) is 0 Å². The summed E-state index contributed by atoms with van der Waals surface area (Å²) in [5.41, 5.74) is 1.10. The largest absolute Gasteiger partial charge is 0.497 e. The molecular weight excluding hydrogens is 342 g/mol. The number of hydrogen-bond acceptors (Lipinski definition) is 5. The van der Waals surface area contributed by atoms with Crippen molar-refractivity contribution in [1.29, 1.82) is 0 Å². The standard InChI is InChI=1S/C19H18ClNO4/c1-3-25-19(23)17(21-15-8-10-16(24-2)11-9-15)12-18(22)13-4-6-14(20)7-5-13/h4-12,21H,3H2,1-2H3/b17-12-. The minimum absolute atomic E-state index is 0.0481. The number of ketones is 1.